The van der Waals surface area contributed by atoms with Crippen LogP contribution < -0.4 is 4.74 Å². The van der Waals surface area contributed by atoms with Crippen molar-refractivity contribution in [2.75, 3.05) is 39.3 Å². The van der Waals surface area contributed by atoms with Crippen molar-refractivity contribution in [3.05, 3.63) is 29.8 Å². The third-order valence-electron chi connectivity index (χ3n) is 6.00. The van der Waals surface area contributed by atoms with Crippen molar-refractivity contribution in [3.8, 4) is 5.75 Å². The summed E-state index contributed by atoms with van der Waals surface area (Å²) in [5.41, 5.74) is 1.13. The van der Waals surface area contributed by atoms with Gasteiger partial charge in [-0.05, 0) is 25.3 Å². The lowest BCUT2D eigenvalue weighted by molar-refractivity contribution is -0.139. The number of fused-ring (bicyclic) bond motifs is 5. The number of hydrogen-bond acceptors (Lipinski definition) is 4. The number of piperidine rings is 1. The van der Waals surface area contributed by atoms with E-state index in [0.29, 0.717) is 26.2 Å². The van der Waals surface area contributed by atoms with Gasteiger partial charge in [0.05, 0.1) is 12.5 Å². The Labute approximate surface area is 161 Å². The number of ether oxygens (including phenoxy) is 1. The number of carbonyl (C=O) groups is 2. The molecule has 2 atom stereocenters. The lowest BCUT2D eigenvalue weighted by Gasteiger charge is -2.35. The van der Waals surface area contributed by atoms with Crippen molar-refractivity contribution in [2.45, 2.75) is 38.8 Å². The van der Waals surface area contributed by atoms with Gasteiger partial charge in [0.2, 0.25) is 11.8 Å². The van der Waals surface area contributed by atoms with E-state index in [9.17, 15) is 9.59 Å². The first kappa shape index (κ1) is 18.3. The van der Waals surface area contributed by atoms with E-state index in [4.69, 9.17) is 4.74 Å². The average molecular weight is 371 g/mol. The van der Waals surface area contributed by atoms with E-state index < -0.39 is 0 Å². The van der Waals surface area contributed by atoms with Gasteiger partial charge in [-0.3, -0.25) is 14.5 Å². The first-order chi connectivity index (χ1) is 13.2. The first-order valence-electron chi connectivity index (χ1n) is 10.2. The summed E-state index contributed by atoms with van der Waals surface area (Å²) in [5, 5.41) is 0. The van der Waals surface area contributed by atoms with E-state index in [-0.39, 0.29) is 23.8 Å². The normalized spacial score (nSPS) is 25.6. The number of carbonyl (C=O) groups excluding carboxylic acids is 2. The molecule has 0 N–H and O–H groups in total. The molecule has 3 saturated heterocycles. The van der Waals surface area contributed by atoms with Crippen LogP contribution in [-0.2, 0) is 16.1 Å². The van der Waals surface area contributed by atoms with Crippen molar-refractivity contribution in [2.24, 2.45) is 5.92 Å². The second kappa shape index (κ2) is 7.89. The van der Waals surface area contributed by atoms with E-state index in [1.54, 1.807) is 0 Å². The molecule has 0 spiro atoms. The fourth-order valence-corrected chi connectivity index (χ4v) is 4.59. The molecule has 0 saturated carbocycles. The van der Waals surface area contributed by atoms with Crippen molar-refractivity contribution in [3.63, 3.8) is 0 Å². The van der Waals surface area contributed by atoms with Gasteiger partial charge in [0, 0.05) is 44.3 Å². The standard InChI is InChI=1S/C21H29N3O3/c1-2-9-24-18-8-7-17(21(24)26)13-23(14-18)20(25)15-22-10-11-27-19-6-4-3-5-16(19)12-22/h3-6,17-18H,2,7-15H2,1H3/t17-,18+/m0/s1. The zero-order chi connectivity index (χ0) is 18.8. The number of amides is 2. The number of para-hydroxylation sites is 1. The highest BCUT2D eigenvalue weighted by atomic mass is 16.5. The molecule has 4 aliphatic heterocycles. The van der Waals surface area contributed by atoms with Crippen molar-refractivity contribution >= 4 is 11.8 Å². The summed E-state index contributed by atoms with van der Waals surface area (Å²) in [5.74, 6) is 1.28. The number of benzene rings is 1. The number of hydrogen-bond donors (Lipinski definition) is 0. The van der Waals surface area contributed by atoms with Crippen molar-refractivity contribution in [1.29, 1.82) is 0 Å². The van der Waals surface area contributed by atoms with Crippen LogP contribution in [0.3, 0.4) is 0 Å². The van der Waals surface area contributed by atoms with E-state index >= 15 is 0 Å². The van der Waals surface area contributed by atoms with Gasteiger partial charge in [0.25, 0.3) is 0 Å². The van der Waals surface area contributed by atoms with Crippen LogP contribution in [0.25, 0.3) is 0 Å². The monoisotopic (exact) mass is 371 g/mol. The van der Waals surface area contributed by atoms with Gasteiger partial charge >= 0.3 is 0 Å². The fraction of sp³-hybridized carbons (Fsp3) is 0.619. The largest absolute Gasteiger partial charge is 0.492 e. The van der Waals surface area contributed by atoms with Crippen LogP contribution in [0.5, 0.6) is 5.75 Å². The maximum Gasteiger partial charge on any atom is 0.236 e. The van der Waals surface area contributed by atoms with Crippen LogP contribution in [0.1, 0.15) is 31.7 Å². The maximum absolute atomic E-state index is 13.0. The summed E-state index contributed by atoms with van der Waals surface area (Å²) in [4.78, 5) is 31.9. The topological polar surface area (TPSA) is 53.1 Å². The van der Waals surface area contributed by atoms with Crippen LogP contribution in [0.2, 0.25) is 0 Å². The smallest absolute Gasteiger partial charge is 0.236 e. The number of rotatable bonds is 4. The molecule has 0 radical (unpaired) electrons. The zero-order valence-electron chi connectivity index (χ0n) is 16.1. The van der Waals surface area contributed by atoms with Crippen LogP contribution in [0, 0.1) is 5.92 Å². The number of nitrogens with zero attached hydrogens (tertiary/aromatic N) is 3. The molecule has 0 unspecified atom stereocenters. The maximum atomic E-state index is 13.0. The minimum absolute atomic E-state index is 0.0209. The van der Waals surface area contributed by atoms with Gasteiger partial charge in [-0.2, -0.15) is 0 Å². The van der Waals surface area contributed by atoms with Gasteiger partial charge in [0.1, 0.15) is 12.4 Å². The third kappa shape index (κ3) is 3.81. The first-order valence-corrected chi connectivity index (χ1v) is 10.2. The van der Waals surface area contributed by atoms with Gasteiger partial charge < -0.3 is 14.5 Å². The molecule has 0 aromatic heterocycles. The highest BCUT2D eigenvalue weighted by molar-refractivity contribution is 5.83. The van der Waals surface area contributed by atoms with Gasteiger partial charge in [0.15, 0.2) is 0 Å². The highest BCUT2D eigenvalue weighted by Crippen LogP contribution is 2.29. The SMILES string of the molecule is CCCN1C(=O)[C@H]2CC[C@@H]1CN(C(=O)CN1CCOc3ccccc3C1)C2. The Hall–Kier alpha value is -2.08. The molecule has 6 nitrogen and oxygen atoms in total. The second-order valence-corrected chi connectivity index (χ2v) is 7.93. The predicted molar refractivity (Wildman–Crippen MR) is 102 cm³/mol. The fourth-order valence-electron chi connectivity index (χ4n) is 4.59. The van der Waals surface area contributed by atoms with E-state index in [1.807, 2.05) is 28.0 Å². The zero-order valence-corrected chi connectivity index (χ0v) is 16.1. The molecular formula is C21H29N3O3. The average Bonchev–Trinajstić information content (AvgIpc) is 3.06. The third-order valence-corrected chi connectivity index (χ3v) is 6.00. The lowest BCUT2D eigenvalue weighted by Crippen LogP contribution is -2.48. The molecule has 27 heavy (non-hydrogen) atoms. The molecule has 6 heteroatoms. The van der Waals surface area contributed by atoms with Crippen LogP contribution in [0.4, 0.5) is 0 Å². The van der Waals surface area contributed by atoms with E-state index in [0.717, 1.165) is 50.2 Å². The molecule has 1 aromatic rings. The molecular weight excluding hydrogens is 342 g/mol. The second-order valence-electron chi connectivity index (χ2n) is 7.93. The Bertz CT molecular complexity index is 708. The predicted octanol–water partition coefficient (Wildman–Crippen LogP) is 1.74. The highest BCUT2D eigenvalue weighted by Gasteiger charge is 2.41. The van der Waals surface area contributed by atoms with Gasteiger partial charge in [-0.25, -0.2) is 0 Å². The Balaban J connectivity index is 1.42. The molecule has 2 amide bonds. The quantitative estimate of drug-likeness (QED) is 0.809. The Morgan fingerprint density at radius 2 is 2.07 bits per heavy atom. The summed E-state index contributed by atoms with van der Waals surface area (Å²) in [6.07, 6.45) is 2.90. The molecule has 1 aromatic carbocycles. The summed E-state index contributed by atoms with van der Waals surface area (Å²) < 4.78 is 5.81. The van der Waals surface area contributed by atoms with E-state index in [2.05, 4.69) is 17.9 Å². The summed E-state index contributed by atoms with van der Waals surface area (Å²) in [7, 11) is 0. The minimum atomic E-state index is -0.0209. The van der Waals surface area contributed by atoms with E-state index in [1.165, 1.54) is 0 Å². The molecule has 0 aliphatic carbocycles. The van der Waals surface area contributed by atoms with Crippen LogP contribution in [-0.4, -0.2) is 71.9 Å². The summed E-state index contributed by atoms with van der Waals surface area (Å²) in [6, 6.07) is 8.22. The van der Waals surface area contributed by atoms with Gasteiger partial charge in [-0.15, -0.1) is 0 Å². The van der Waals surface area contributed by atoms with Crippen molar-refractivity contribution in [1.82, 2.24) is 14.7 Å². The molecule has 4 heterocycles. The molecule has 2 bridgehead atoms. The van der Waals surface area contributed by atoms with Gasteiger partial charge in [-0.1, -0.05) is 25.1 Å². The molecule has 4 aliphatic rings. The summed E-state index contributed by atoms with van der Waals surface area (Å²) >= 11 is 0. The molecule has 5 rings (SSSR count). The Morgan fingerprint density at radius 1 is 1.22 bits per heavy atom. The summed E-state index contributed by atoms with van der Waals surface area (Å²) in [6.45, 7) is 6.62. The van der Waals surface area contributed by atoms with Crippen LogP contribution >= 0.6 is 0 Å². The Kier molecular flexibility index (Phi) is 5.34. The lowest BCUT2D eigenvalue weighted by atomic mass is 9.94. The molecule has 3 fully saturated rings. The van der Waals surface area contributed by atoms with Crippen molar-refractivity contribution < 1.29 is 14.3 Å². The minimum Gasteiger partial charge on any atom is -0.492 e. The molecule has 146 valence electrons. The Morgan fingerprint density at radius 3 is 2.93 bits per heavy atom. The van der Waals surface area contributed by atoms with Crippen LogP contribution in [0.15, 0.2) is 24.3 Å².